The van der Waals surface area contributed by atoms with E-state index in [0.717, 1.165) is 11.1 Å². The van der Waals surface area contributed by atoms with Crippen molar-refractivity contribution in [2.75, 3.05) is 0 Å². The molecule has 2 aromatic rings. The average Bonchev–Trinajstić information content (AvgIpc) is 2.88. The van der Waals surface area contributed by atoms with Crippen LogP contribution in [-0.2, 0) is 4.74 Å². The summed E-state index contributed by atoms with van der Waals surface area (Å²) >= 11 is 5.72. The third kappa shape index (κ3) is 3.73. The van der Waals surface area contributed by atoms with Gasteiger partial charge in [-0.3, -0.25) is 9.59 Å². The fourth-order valence-corrected chi connectivity index (χ4v) is 3.54. The summed E-state index contributed by atoms with van der Waals surface area (Å²) in [4.78, 5) is 25.7. The molecule has 0 amide bonds. The lowest BCUT2D eigenvalue weighted by molar-refractivity contribution is -0.174. The quantitative estimate of drug-likeness (QED) is 0.422. The Labute approximate surface area is 172 Å². The highest BCUT2D eigenvalue weighted by Gasteiger charge is 2.68. The molecule has 2 unspecified atom stereocenters. The van der Waals surface area contributed by atoms with Gasteiger partial charge in [0.15, 0.2) is 23.3 Å². The first-order valence-corrected chi connectivity index (χ1v) is 9.26. The van der Waals surface area contributed by atoms with Crippen LogP contribution < -0.4 is 0 Å². The summed E-state index contributed by atoms with van der Waals surface area (Å²) in [6.07, 6.45) is -6.42. The fourth-order valence-electron chi connectivity index (χ4n) is 3.28. The van der Waals surface area contributed by atoms with Crippen LogP contribution in [0.1, 0.15) is 31.8 Å². The van der Waals surface area contributed by atoms with Crippen LogP contribution in [0.15, 0.2) is 48.5 Å². The maximum Gasteiger partial charge on any atom is 0.277 e. The highest BCUT2D eigenvalue weighted by Crippen LogP contribution is 2.43. The molecule has 1 heterocycles. The van der Waals surface area contributed by atoms with E-state index in [1.54, 1.807) is 31.2 Å². The molecule has 0 radical (unpaired) electrons. The van der Waals surface area contributed by atoms with E-state index < -0.39 is 40.7 Å². The van der Waals surface area contributed by atoms with E-state index in [0.29, 0.717) is 0 Å². The van der Waals surface area contributed by atoms with Crippen molar-refractivity contribution in [1.82, 2.24) is 0 Å². The number of benzene rings is 2. The van der Waals surface area contributed by atoms with Crippen molar-refractivity contribution in [3.63, 3.8) is 0 Å². The molecule has 0 spiro atoms. The van der Waals surface area contributed by atoms with E-state index in [-0.39, 0.29) is 11.1 Å². The maximum atomic E-state index is 13.0. The molecule has 8 heteroatoms. The number of alkyl halides is 1. The molecule has 154 valence electrons. The van der Waals surface area contributed by atoms with Gasteiger partial charge in [-0.1, -0.05) is 71.3 Å². The summed E-state index contributed by atoms with van der Waals surface area (Å²) in [5.74, 6) is -1.92. The number of ether oxygens (including phenoxy) is 1. The number of Topliss-reactive ketones (excluding diaryl/α,β-unsaturated/α-hetero) is 2. The Hall–Kier alpha value is -2.13. The van der Waals surface area contributed by atoms with E-state index in [1.807, 2.05) is 6.92 Å². The smallest absolute Gasteiger partial charge is 0.277 e. The first kappa shape index (κ1) is 21.6. The van der Waals surface area contributed by atoms with Gasteiger partial charge in [0.2, 0.25) is 0 Å². The van der Waals surface area contributed by atoms with Gasteiger partial charge in [0.25, 0.3) is 5.25 Å². The van der Waals surface area contributed by atoms with Gasteiger partial charge >= 0.3 is 0 Å². The second-order valence-electron chi connectivity index (χ2n) is 7.25. The number of rotatable bonds is 5. The molecular formula is C21H21ClO7. The zero-order valence-corrected chi connectivity index (χ0v) is 16.5. The van der Waals surface area contributed by atoms with Gasteiger partial charge in [-0.2, -0.15) is 0 Å². The molecule has 3 rings (SSSR count). The zero-order chi connectivity index (χ0) is 21.6. The molecule has 4 N–H and O–H groups in total. The summed E-state index contributed by atoms with van der Waals surface area (Å²) in [6, 6.07) is 12.2. The standard InChI is InChI=1S/C21H21ClO7/c1-11-3-7-13(8-4-11)15(23)16(24)18-20(27,19(26)21(22,28)29-18)17(25)14-9-5-12(2)6-10-14/h3-10,16,18-19,24,26-28H,1-2H3/t16?,18-,19-,20-,21?/m1/s1. The SMILES string of the molecule is Cc1ccc(C(=O)C(O)[C@H]2OC(O)(Cl)[C@H](O)[C@@]2(O)C(=O)c2ccc(C)cc2)cc1. The fraction of sp³-hybridized carbons (Fsp3) is 0.333. The minimum atomic E-state index is -2.88. The average molecular weight is 421 g/mol. The van der Waals surface area contributed by atoms with Gasteiger partial charge < -0.3 is 25.2 Å². The van der Waals surface area contributed by atoms with Crippen molar-refractivity contribution in [2.24, 2.45) is 0 Å². The van der Waals surface area contributed by atoms with Gasteiger partial charge in [-0.25, -0.2) is 0 Å². The van der Waals surface area contributed by atoms with Crippen molar-refractivity contribution in [3.8, 4) is 0 Å². The highest BCUT2D eigenvalue weighted by molar-refractivity contribution is 6.23. The lowest BCUT2D eigenvalue weighted by Gasteiger charge is -2.31. The van der Waals surface area contributed by atoms with Crippen molar-refractivity contribution in [2.45, 2.75) is 43.0 Å². The zero-order valence-electron chi connectivity index (χ0n) is 15.7. The second kappa shape index (κ2) is 7.60. The van der Waals surface area contributed by atoms with Crippen LogP contribution in [0.3, 0.4) is 0 Å². The number of carbonyl (C=O) groups excluding carboxylic acids is 2. The number of carbonyl (C=O) groups is 2. The molecule has 0 aromatic heterocycles. The summed E-state index contributed by atoms with van der Waals surface area (Å²) in [7, 11) is 0. The number of hydrogen-bond acceptors (Lipinski definition) is 7. The van der Waals surface area contributed by atoms with E-state index in [4.69, 9.17) is 16.3 Å². The van der Waals surface area contributed by atoms with Crippen molar-refractivity contribution in [3.05, 3.63) is 70.8 Å². The van der Waals surface area contributed by atoms with Crippen LogP contribution in [0.2, 0.25) is 0 Å². The Morgan fingerprint density at radius 3 is 1.90 bits per heavy atom. The van der Waals surface area contributed by atoms with Gasteiger partial charge in [-0.15, -0.1) is 0 Å². The molecule has 1 aliphatic rings. The highest BCUT2D eigenvalue weighted by atomic mass is 35.5. The van der Waals surface area contributed by atoms with Crippen molar-refractivity contribution >= 4 is 23.2 Å². The molecule has 1 fully saturated rings. The third-order valence-electron chi connectivity index (χ3n) is 5.05. The molecule has 7 nitrogen and oxygen atoms in total. The molecular weight excluding hydrogens is 400 g/mol. The number of aliphatic hydroxyl groups is 4. The van der Waals surface area contributed by atoms with E-state index in [2.05, 4.69) is 0 Å². The Balaban J connectivity index is 2.00. The number of hydrogen-bond donors (Lipinski definition) is 4. The van der Waals surface area contributed by atoms with Crippen LogP contribution in [0, 0.1) is 13.8 Å². The molecule has 0 saturated carbocycles. The van der Waals surface area contributed by atoms with E-state index in [9.17, 15) is 30.0 Å². The third-order valence-corrected chi connectivity index (χ3v) is 5.34. The normalized spacial score (nSPS) is 30.2. The van der Waals surface area contributed by atoms with Crippen LogP contribution in [0.5, 0.6) is 0 Å². The Morgan fingerprint density at radius 2 is 1.41 bits per heavy atom. The van der Waals surface area contributed by atoms with Crippen LogP contribution in [-0.4, -0.2) is 61.2 Å². The molecule has 5 atom stereocenters. The predicted octanol–water partition coefficient (Wildman–Crippen LogP) is 1.11. The van der Waals surface area contributed by atoms with E-state index >= 15 is 0 Å². The summed E-state index contributed by atoms with van der Waals surface area (Å²) in [5.41, 5.74) is -1.07. The Morgan fingerprint density at radius 1 is 0.966 bits per heavy atom. The molecule has 0 bridgehead atoms. The van der Waals surface area contributed by atoms with Crippen LogP contribution in [0.4, 0.5) is 0 Å². The van der Waals surface area contributed by atoms with Gasteiger partial charge in [0.1, 0.15) is 12.2 Å². The summed E-state index contributed by atoms with van der Waals surface area (Å²) in [6.45, 7) is 3.61. The largest absolute Gasteiger partial charge is 0.382 e. The topological polar surface area (TPSA) is 124 Å². The lowest BCUT2D eigenvalue weighted by Crippen LogP contribution is -2.60. The van der Waals surface area contributed by atoms with Crippen molar-refractivity contribution in [1.29, 1.82) is 0 Å². The summed E-state index contributed by atoms with van der Waals surface area (Å²) < 4.78 is 5.00. The van der Waals surface area contributed by atoms with Crippen molar-refractivity contribution < 1.29 is 34.8 Å². The Kier molecular flexibility index (Phi) is 5.66. The minimum absolute atomic E-state index is 0.0184. The number of ketones is 2. The van der Waals surface area contributed by atoms with Gasteiger partial charge in [0.05, 0.1) is 0 Å². The molecule has 0 aliphatic carbocycles. The van der Waals surface area contributed by atoms with Crippen LogP contribution >= 0.6 is 11.6 Å². The number of halogens is 1. The molecule has 1 aliphatic heterocycles. The molecule has 1 saturated heterocycles. The van der Waals surface area contributed by atoms with Crippen LogP contribution in [0.25, 0.3) is 0 Å². The first-order valence-electron chi connectivity index (χ1n) is 8.88. The summed E-state index contributed by atoms with van der Waals surface area (Å²) in [5, 5.41) is 39.3. The molecule has 29 heavy (non-hydrogen) atoms. The van der Waals surface area contributed by atoms with E-state index in [1.165, 1.54) is 24.3 Å². The first-order chi connectivity index (χ1) is 13.5. The van der Waals surface area contributed by atoms with Gasteiger partial charge in [0, 0.05) is 11.1 Å². The molecule has 2 aromatic carbocycles. The monoisotopic (exact) mass is 420 g/mol. The number of aliphatic hydroxyl groups excluding tert-OH is 2. The number of aryl methyl sites for hydroxylation is 2. The van der Waals surface area contributed by atoms with Gasteiger partial charge in [-0.05, 0) is 13.8 Å². The Bertz CT molecular complexity index is 923. The predicted molar refractivity (Wildman–Crippen MR) is 104 cm³/mol. The maximum absolute atomic E-state index is 13.0. The second-order valence-corrected chi connectivity index (χ2v) is 7.79. The minimum Gasteiger partial charge on any atom is -0.382 e. The lowest BCUT2D eigenvalue weighted by atomic mass is 9.80.